The van der Waals surface area contributed by atoms with E-state index in [1.807, 2.05) is 54.6 Å². The van der Waals surface area contributed by atoms with Crippen LogP contribution in [0.1, 0.15) is 0 Å². The van der Waals surface area contributed by atoms with Crippen molar-refractivity contribution < 1.29 is 8.83 Å². The number of furan rings is 2. The topological polar surface area (TPSA) is 69.9 Å². The van der Waals surface area contributed by atoms with E-state index in [-0.39, 0.29) is 0 Å². The lowest BCUT2D eigenvalue weighted by Crippen LogP contribution is -2.00. The zero-order chi connectivity index (χ0) is 41.4. The van der Waals surface area contributed by atoms with E-state index in [4.69, 9.17) is 23.8 Å². The number of para-hydroxylation sites is 2. The summed E-state index contributed by atoms with van der Waals surface area (Å²) in [6.45, 7) is 0. The summed E-state index contributed by atoms with van der Waals surface area (Å²) in [5.41, 5.74) is 13.8. The first kappa shape index (κ1) is 35.2. The van der Waals surface area contributed by atoms with Gasteiger partial charge in [0.25, 0.3) is 0 Å². The van der Waals surface area contributed by atoms with E-state index in [9.17, 15) is 0 Å². The standard InChI is InChI=1S/C57H34N4O2/c1-4-13-35(14-5-1)37-25-29-50-46(32-37)43-27-23-40(34-53(43)63-50)56-58-55(36-15-6-2-7-16-36)59-57(60-56)44-20-12-22-52-54(44)47-33-39(26-30-51(47)62-52)38-24-28-49-45(31-38)42-19-10-11-21-48(42)61(49)41-17-8-3-9-18-41/h1-34H. The van der Waals surface area contributed by atoms with Crippen molar-refractivity contribution in [1.29, 1.82) is 0 Å². The van der Waals surface area contributed by atoms with Crippen molar-refractivity contribution in [2.45, 2.75) is 0 Å². The number of benzene rings is 9. The highest BCUT2D eigenvalue weighted by Crippen LogP contribution is 2.41. The molecule has 9 aromatic carbocycles. The molecule has 0 unspecified atom stereocenters. The largest absolute Gasteiger partial charge is 0.456 e. The fraction of sp³-hybridized carbons (Fsp3) is 0. The van der Waals surface area contributed by atoms with Gasteiger partial charge in [-0.3, -0.25) is 0 Å². The van der Waals surface area contributed by atoms with Gasteiger partial charge in [0.05, 0.1) is 11.0 Å². The van der Waals surface area contributed by atoms with Crippen LogP contribution < -0.4 is 0 Å². The van der Waals surface area contributed by atoms with Gasteiger partial charge in [-0.2, -0.15) is 0 Å². The van der Waals surface area contributed by atoms with Gasteiger partial charge >= 0.3 is 0 Å². The van der Waals surface area contributed by atoms with Crippen LogP contribution in [0.25, 0.3) is 128 Å². The van der Waals surface area contributed by atoms with E-state index in [1.165, 1.54) is 21.8 Å². The maximum Gasteiger partial charge on any atom is 0.164 e. The minimum absolute atomic E-state index is 0.555. The SMILES string of the molecule is c1ccc(-c2ccc3oc4cc(-c5nc(-c6ccccc6)nc(-c6cccc7oc8ccc(-c9ccc%10c(c9)c9ccccc9n%10-c9ccccc9)cc8c67)n5)ccc4c3c2)cc1. The number of rotatable bonds is 6. The fourth-order valence-corrected chi connectivity index (χ4v) is 9.27. The molecule has 0 saturated heterocycles. The van der Waals surface area contributed by atoms with Crippen LogP contribution in [0.15, 0.2) is 215 Å². The Balaban J connectivity index is 0.956. The van der Waals surface area contributed by atoms with Crippen molar-refractivity contribution >= 4 is 65.7 Å². The van der Waals surface area contributed by atoms with Crippen molar-refractivity contribution in [2.75, 3.05) is 0 Å². The summed E-state index contributed by atoms with van der Waals surface area (Å²) >= 11 is 0. The summed E-state index contributed by atoms with van der Waals surface area (Å²) in [7, 11) is 0. The molecule has 0 radical (unpaired) electrons. The summed E-state index contributed by atoms with van der Waals surface area (Å²) in [4.78, 5) is 15.4. The van der Waals surface area contributed by atoms with Gasteiger partial charge in [-0.05, 0) is 95.1 Å². The maximum atomic E-state index is 6.54. The molecule has 4 heterocycles. The van der Waals surface area contributed by atoms with Crippen LogP contribution in [0, 0.1) is 0 Å². The molecule has 0 aliphatic rings. The third kappa shape index (κ3) is 5.76. The fourth-order valence-electron chi connectivity index (χ4n) is 9.27. The first-order valence-electron chi connectivity index (χ1n) is 21.1. The second-order valence-corrected chi connectivity index (χ2v) is 16.0. The van der Waals surface area contributed by atoms with Crippen LogP contribution in [0.3, 0.4) is 0 Å². The second-order valence-electron chi connectivity index (χ2n) is 16.0. The second kappa shape index (κ2) is 14.0. The molecule has 13 aromatic rings. The van der Waals surface area contributed by atoms with Crippen molar-refractivity contribution in [1.82, 2.24) is 19.5 Å². The Kier molecular flexibility index (Phi) is 7.80. The van der Waals surface area contributed by atoms with Crippen molar-refractivity contribution in [3.05, 3.63) is 206 Å². The summed E-state index contributed by atoms with van der Waals surface area (Å²) in [6.07, 6.45) is 0. The predicted octanol–water partition coefficient (Wildman–Crippen LogP) is 15.1. The zero-order valence-corrected chi connectivity index (χ0v) is 33.7. The monoisotopic (exact) mass is 806 g/mol. The van der Waals surface area contributed by atoms with Gasteiger partial charge in [-0.15, -0.1) is 0 Å². The van der Waals surface area contributed by atoms with Gasteiger partial charge < -0.3 is 13.4 Å². The van der Waals surface area contributed by atoms with E-state index >= 15 is 0 Å². The number of hydrogen-bond acceptors (Lipinski definition) is 5. The van der Waals surface area contributed by atoms with Crippen LogP contribution >= 0.6 is 0 Å². The van der Waals surface area contributed by atoms with E-state index in [1.54, 1.807) is 0 Å². The van der Waals surface area contributed by atoms with Gasteiger partial charge in [0, 0.05) is 54.7 Å². The quantitative estimate of drug-likeness (QED) is 0.167. The molecule has 4 aromatic heterocycles. The highest BCUT2D eigenvalue weighted by atomic mass is 16.3. The lowest BCUT2D eigenvalue weighted by molar-refractivity contribution is 0.668. The van der Waals surface area contributed by atoms with Crippen molar-refractivity contribution in [2.24, 2.45) is 0 Å². The number of nitrogens with zero attached hydrogens (tertiary/aromatic N) is 4. The molecule has 13 rings (SSSR count). The molecular formula is C57H34N4O2. The number of hydrogen-bond donors (Lipinski definition) is 0. The lowest BCUT2D eigenvalue weighted by Gasteiger charge is -2.09. The molecule has 0 amide bonds. The Bertz CT molecular complexity index is 3900. The first-order valence-corrected chi connectivity index (χ1v) is 21.1. The predicted molar refractivity (Wildman–Crippen MR) is 256 cm³/mol. The summed E-state index contributed by atoms with van der Waals surface area (Å²) in [5, 5.41) is 6.47. The first-order chi connectivity index (χ1) is 31.2. The maximum absolute atomic E-state index is 6.54. The molecule has 294 valence electrons. The summed E-state index contributed by atoms with van der Waals surface area (Å²) in [5.74, 6) is 1.70. The van der Waals surface area contributed by atoms with Crippen molar-refractivity contribution in [3.63, 3.8) is 0 Å². The van der Waals surface area contributed by atoms with Crippen LogP contribution in [-0.4, -0.2) is 19.5 Å². The highest BCUT2D eigenvalue weighted by molar-refractivity contribution is 6.14. The third-order valence-electron chi connectivity index (χ3n) is 12.3. The normalized spacial score (nSPS) is 11.8. The average Bonchev–Trinajstić information content (AvgIpc) is 4.03. The minimum Gasteiger partial charge on any atom is -0.456 e. The summed E-state index contributed by atoms with van der Waals surface area (Å²) in [6, 6.07) is 71.6. The lowest BCUT2D eigenvalue weighted by atomic mass is 9.99. The Labute approximate surface area is 361 Å². The average molecular weight is 807 g/mol. The van der Waals surface area contributed by atoms with Crippen molar-refractivity contribution in [3.8, 4) is 62.1 Å². The van der Waals surface area contributed by atoms with E-state index < -0.39 is 0 Å². The van der Waals surface area contributed by atoms with E-state index in [0.29, 0.717) is 17.5 Å². The van der Waals surface area contributed by atoms with Gasteiger partial charge in [0.1, 0.15) is 22.3 Å². The molecule has 0 aliphatic heterocycles. The molecule has 63 heavy (non-hydrogen) atoms. The zero-order valence-electron chi connectivity index (χ0n) is 33.7. The molecule has 0 saturated carbocycles. The summed E-state index contributed by atoms with van der Waals surface area (Å²) < 4.78 is 15.3. The Hall–Kier alpha value is -8.61. The van der Waals surface area contributed by atoms with Crippen LogP contribution in [-0.2, 0) is 0 Å². The van der Waals surface area contributed by atoms with E-state index in [2.05, 4.69) is 156 Å². The number of aromatic nitrogens is 4. The number of fused-ring (bicyclic) bond motifs is 9. The minimum atomic E-state index is 0.555. The van der Waals surface area contributed by atoms with Gasteiger partial charge in [0.2, 0.25) is 0 Å². The van der Waals surface area contributed by atoms with Gasteiger partial charge in [-0.1, -0.05) is 133 Å². The molecule has 6 nitrogen and oxygen atoms in total. The highest BCUT2D eigenvalue weighted by Gasteiger charge is 2.20. The van der Waals surface area contributed by atoms with Crippen LogP contribution in [0.4, 0.5) is 0 Å². The molecule has 0 spiro atoms. The Morgan fingerprint density at radius 2 is 0.873 bits per heavy atom. The molecule has 0 bridgehead atoms. The molecular weight excluding hydrogens is 773 g/mol. The van der Waals surface area contributed by atoms with E-state index in [0.717, 1.165) is 88.5 Å². The molecule has 0 aliphatic carbocycles. The van der Waals surface area contributed by atoms with Gasteiger partial charge in [0.15, 0.2) is 17.5 Å². The molecule has 0 fully saturated rings. The van der Waals surface area contributed by atoms with Crippen LogP contribution in [0.5, 0.6) is 0 Å². The van der Waals surface area contributed by atoms with Crippen LogP contribution in [0.2, 0.25) is 0 Å². The molecule has 0 atom stereocenters. The smallest absolute Gasteiger partial charge is 0.164 e. The third-order valence-corrected chi connectivity index (χ3v) is 12.3. The Morgan fingerprint density at radius 1 is 0.302 bits per heavy atom. The Morgan fingerprint density at radius 3 is 1.67 bits per heavy atom. The van der Waals surface area contributed by atoms with Gasteiger partial charge in [-0.25, -0.2) is 15.0 Å². The molecule has 6 heteroatoms. The molecule has 0 N–H and O–H groups in total.